The zero-order chi connectivity index (χ0) is 22.0. The number of hydrogen-bond donors (Lipinski definition) is 0. The molecule has 1 aliphatic heterocycles. The molecule has 2 aromatic heterocycles. The molecule has 31 heavy (non-hydrogen) atoms. The number of carbonyl (C=O) groups is 1. The SMILES string of the molecule is CCOC(=O)c1ccc(N2CCN(S(=O)(=O)c3cccc4cc(C)cnc34)CC2)nc1. The highest BCUT2D eigenvalue weighted by molar-refractivity contribution is 7.89. The van der Waals surface area contributed by atoms with Crippen LogP contribution in [0.1, 0.15) is 22.8 Å². The molecule has 4 rings (SSSR count). The van der Waals surface area contributed by atoms with Crippen LogP contribution in [0.25, 0.3) is 10.9 Å². The fraction of sp³-hybridized carbons (Fsp3) is 0.318. The predicted molar refractivity (Wildman–Crippen MR) is 118 cm³/mol. The van der Waals surface area contributed by atoms with Crippen LogP contribution in [-0.4, -0.2) is 61.4 Å². The molecular formula is C22H24N4O4S. The van der Waals surface area contributed by atoms with Crippen molar-refractivity contribution in [1.29, 1.82) is 0 Å². The molecule has 0 atom stereocenters. The fourth-order valence-electron chi connectivity index (χ4n) is 3.66. The summed E-state index contributed by atoms with van der Waals surface area (Å²) in [7, 11) is -3.67. The Morgan fingerprint density at radius 2 is 1.84 bits per heavy atom. The van der Waals surface area contributed by atoms with E-state index in [4.69, 9.17) is 4.74 Å². The van der Waals surface area contributed by atoms with Gasteiger partial charge in [-0.25, -0.2) is 18.2 Å². The Balaban J connectivity index is 1.49. The van der Waals surface area contributed by atoms with Crippen molar-refractivity contribution < 1.29 is 17.9 Å². The van der Waals surface area contributed by atoms with Crippen LogP contribution in [0.4, 0.5) is 5.82 Å². The summed E-state index contributed by atoms with van der Waals surface area (Å²) >= 11 is 0. The minimum absolute atomic E-state index is 0.232. The number of aryl methyl sites for hydroxylation is 1. The van der Waals surface area contributed by atoms with Crippen molar-refractivity contribution >= 4 is 32.7 Å². The third-order valence-electron chi connectivity index (χ3n) is 5.25. The number of hydrogen-bond acceptors (Lipinski definition) is 7. The van der Waals surface area contributed by atoms with Crippen LogP contribution in [0.2, 0.25) is 0 Å². The predicted octanol–water partition coefficient (Wildman–Crippen LogP) is 2.63. The monoisotopic (exact) mass is 440 g/mol. The Morgan fingerprint density at radius 1 is 1.06 bits per heavy atom. The van der Waals surface area contributed by atoms with E-state index in [1.807, 2.05) is 24.0 Å². The molecular weight excluding hydrogens is 416 g/mol. The summed E-state index contributed by atoms with van der Waals surface area (Å²) in [4.78, 5) is 22.7. The van der Waals surface area contributed by atoms with Gasteiger partial charge in [0.2, 0.25) is 10.0 Å². The van der Waals surface area contributed by atoms with E-state index in [1.165, 1.54) is 10.5 Å². The van der Waals surface area contributed by atoms with Gasteiger partial charge in [0.1, 0.15) is 10.7 Å². The van der Waals surface area contributed by atoms with E-state index < -0.39 is 16.0 Å². The van der Waals surface area contributed by atoms with E-state index in [1.54, 1.807) is 37.4 Å². The number of piperazine rings is 1. The molecule has 0 bridgehead atoms. The number of carbonyl (C=O) groups excluding carboxylic acids is 1. The molecule has 0 saturated carbocycles. The van der Waals surface area contributed by atoms with Crippen LogP contribution in [0.3, 0.4) is 0 Å². The molecule has 0 radical (unpaired) electrons. The van der Waals surface area contributed by atoms with Gasteiger partial charge in [-0.3, -0.25) is 4.98 Å². The van der Waals surface area contributed by atoms with Crippen molar-refractivity contribution in [3.05, 3.63) is 59.9 Å². The van der Waals surface area contributed by atoms with E-state index in [2.05, 4.69) is 9.97 Å². The number of para-hydroxylation sites is 1. The second kappa shape index (κ2) is 8.60. The smallest absolute Gasteiger partial charge is 0.339 e. The summed E-state index contributed by atoms with van der Waals surface area (Å²) in [5.74, 6) is 0.295. The van der Waals surface area contributed by atoms with Gasteiger partial charge in [0.25, 0.3) is 0 Å². The number of pyridine rings is 2. The number of ether oxygens (including phenoxy) is 1. The molecule has 9 heteroatoms. The molecule has 1 fully saturated rings. The number of aromatic nitrogens is 2. The number of rotatable bonds is 5. The molecule has 1 saturated heterocycles. The molecule has 0 N–H and O–H groups in total. The molecule has 0 amide bonds. The van der Waals surface area contributed by atoms with Crippen LogP contribution in [0, 0.1) is 6.92 Å². The lowest BCUT2D eigenvalue weighted by molar-refractivity contribution is 0.0526. The van der Waals surface area contributed by atoms with Gasteiger partial charge in [-0.2, -0.15) is 4.31 Å². The average molecular weight is 441 g/mol. The van der Waals surface area contributed by atoms with E-state index in [0.29, 0.717) is 49.7 Å². The Morgan fingerprint density at radius 3 is 2.52 bits per heavy atom. The average Bonchev–Trinajstić information content (AvgIpc) is 2.79. The van der Waals surface area contributed by atoms with Gasteiger partial charge in [0.05, 0.1) is 17.7 Å². The van der Waals surface area contributed by atoms with Crippen LogP contribution >= 0.6 is 0 Å². The highest BCUT2D eigenvalue weighted by Gasteiger charge is 2.30. The topological polar surface area (TPSA) is 92.7 Å². The van der Waals surface area contributed by atoms with E-state index in [9.17, 15) is 13.2 Å². The summed E-state index contributed by atoms with van der Waals surface area (Å²) in [6.07, 6.45) is 3.17. The first-order chi connectivity index (χ1) is 14.9. The zero-order valence-corrected chi connectivity index (χ0v) is 18.3. The summed E-state index contributed by atoms with van der Waals surface area (Å²) in [6.45, 7) is 5.67. The molecule has 0 spiro atoms. The molecule has 3 aromatic rings. The van der Waals surface area contributed by atoms with Crippen LogP contribution in [0.5, 0.6) is 0 Å². The highest BCUT2D eigenvalue weighted by Crippen LogP contribution is 2.26. The van der Waals surface area contributed by atoms with Crippen LogP contribution in [-0.2, 0) is 14.8 Å². The maximum absolute atomic E-state index is 13.3. The van der Waals surface area contributed by atoms with Gasteiger partial charge in [0.15, 0.2) is 0 Å². The highest BCUT2D eigenvalue weighted by atomic mass is 32.2. The van der Waals surface area contributed by atoms with Gasteiger partial charge in [-0.15, -0.1) is 0 Å². The van der Waals surface area contributed by atoms with E-state index in [0.717, 1.165) is 10.9 Å². The van der Waals surface area contributed by atoms with E-state index in [-0.39, 0.29) is 4.90 Å². The first kappa shape index (κ1) is 21.2. The van der Waals surface area contributed by atoms with Gasteiger partial charge >= 0.3 is 5.97 Å². The third kappa shape index (κ3) is 4.24. The minimum Gasteiger partial charge on any atom is -0.462 e. The summed E-state index contributed by atoms with van der Waals surface area (Å²) < 4.78 is 33.1. The van der Waals surface area contributed by atoms with Crippen LogP contribution < -0.4 is 4.90 Å². The Hall–Kier alpha value is -3.04. The van der Waals surface area contributed by atoms with Crippen molar-refractivity contribution in [3.63, 3.8) is 0 Å². The summed E-state index contributed by atoms with van der Waals surface area (Å²) in [6, 6.07) is 10.6. The molecule has 0 unspecified atom stereocenters. The largest absolute Gasteiger partial charge is 0.462 e. The van der Waals surface area contributed by atoms with Crippen molar-refractivity contribution in [3.8, 4) is 0 Å². The molecule has 1 aliphatic rings. The van der Waals surface area contributed by atoms with Crippen molar-refractivity contribution in [2.24, 2.45) is 0 Å². The van der Waals surface area contributed by atoms with Crippen molar-refractivity contribution in [2.75, 3.05) is 37.7 Å². The lowest BCUT2D eigenvalue weighted by atomic mass is 10.2. The first-order valence-electron chi connectivity index (χ1n) is 10.1. The summed E-state index contributed by atoms with van der Waals surface area (Å²) in [5.41, 5.74) is 1.87. The molecule has 8 nitrogen and oxygen atoms in total. The quantitative estimate of drug-likeness (QED) is 0.563. The second-order valence-electron chi connectivity index (χ2n) is 7.36. The number of esters is 1. The lowest BCUT2D eigenvalue weighted by Crippen LogP contribution is -2.49. The third-order valence-corrected chi connectivity index (χ3v) is 7.18. The molecule has 3 heterocycles. The van der Waals surface area contributed by atoms with E-state index >= 15 is 0 Å². The maximum atomic E-state index is 13.3. The Labute approximate surface area is 181 Å². The zero-order valence-electron chi connectivity index (χ0n) is 17.5. The molecule has 0 aliphatic carbocycles. The Bertz CT molecular complexity index is 1200. The number of benzene rings is 1. The van der Waals surface area contributed by atoms with Crippen molar-refractivity contribution in [2.45, 2.75) is 18.7 Å². The summed E-state index contributed by atoms with van der Waals surface area (Å²) in [5, 5.41) is 0.811. The standard InChI is InChI=1S/C22H24N4O4S/c1-3-30-22(27)18-7-8-20(23-15-18)25-9-11-26(12-10-25)31(28,29)19-6-4-5-17-13-16(2)14-24-21(17)19/h4-8,13-15H,3,9-12H2,1-2H3. The number of nitrogens with zero attached hydrogens (tertiary/aromatic N) is 4. The minimum atomic E-state index is -3.67. The number of sulfonamides is 1. The number of anilines is 1. The first-order valence-corrected chi connectivity index (χ1v) is 11.6. The fourth-order valence-corrected chi connectivity index (χ4v) is 5.24. The Kier molecular flexibility index (Phi) is 5.88. The maximum Gasteiger partial charge on any atom is 0.339 e. The van der Waals surface area contributed by atoms with Gasteiger partial charge < -0.3 is 9.64 Å². The van der Waals surface area contributed by atoms with Crippen molar-refractivity contribution in [1.82, 2.24) is 14.3 Å². The van der Waals surface area contributed by atoms with Gasteiger partial charge in [-0.1, -0.05) is 12.1 Å². The lowest BCUT2D eigenvalue weighted by Gasteiger charge is -2.34. The van der Waals surface area contributed by atoms with Gasteiger partial charge in [0, 0.05) is 44.0 Å². The number of fused-ring (bicyclic) bond motifs is 1. The second-order valence-corrected chi connectivity index (χ2v) is 9.26. The van der Waals surface area contributed by atoms with Gasteiger partial charge in [-0.05, 0) is 43.7 Å². The van der Waals surface area contributed by atoms with Crippen LogP contribution in [0.15, 0.2) is 53.7 Å². The molecule has 1 aromatic carbocycles. The normalized spacial score (nSPS) is 15.2. The molecule has 162 valence electrons.